The Balaban J connectivity index is 6.13. The Labute approximate surface area is 332 Å². The summed E-state index contributed by atoms with van der Waals surface area (Å²) in [5.41, 5.74) is 54.1. The predicted molar refractivity (Wildman–Crippen MR) is 217 cm³/mol. The van der Waals surface area contributed by atoms with E-state index in [-0.39, 0.29) is 88.4 Å². The van der Waals surface area contributed by atoms with Gasteiger partial charge in [0.25, 0.3) is 0 Å². The molecule has 0 aromatic heterocycles. The summed E-state index contributed by atoms with van der Waals surface area (Å²) >= 11 is 0. The zero-order chi connectivity index (χ0) is 43.2. The van der Waals surface area contributed by atoms with Gasteiger partial charge in [-0.1, -0.05) is 0 Å². The van der Waals surface area contributed by atoms with Crippen LogP contribution in [0.2, 0.25) is 0 Å². The van der Waals surface area contributed by atoms with Gasteiger partial charge in [-0.05, 0) is 77.2 Å². The first-order chi connectivity index (χ1) is 27.0. The monoisotopic (exact) mass is 812 g/mol. The maximum atomic E-state index is 13.8. The van der Waals surface area contributed by atoms with Gasteiger partial charge in [-0.2, -0.15) is 0 Å². The highest BCUT2D eigenvalue weighted by atomic mass is 16.2. The molecule has 0 saturated carbocycles. The first kappa shape index (κ1) is 50.9. The van der Waals surface area contributed by atoms with E-state index >= 15 is 0 Å². The van der Waals surface area contributed by atoms with Gasteiger partial charge in [0, 0.05) is 32.6 Å². The van der Waals surface area contributed by atoms with Crippen molar-refractivity contribution in [2.75, 3.05) is 39.3 Å². The van der Waals surface area contributed by atoms with Crippen molar-refractivity contribution in [3.8, 4) is 0 Å². The number of guanidine groups is 4. The molecule has 0 rings (SSSR count). The summed E-state index contributed by atoms with van der Waals surface area (Å²) in [6.07, 6.45) is 3.29. The number of aliphatic imine (C=N–C) groups is 4. The summed E-state index contributed by atoms with van der Waals surface area (Å²) in [5.74, 6) is -4.68. The van der Waals surface area contributed by atoms with Crippen LogP contribution in [0.15, 0.2) is 20.0 Å². The largest absolute Gasteiger partial charge is 0.370 e. The van der Waals surface area contributed by atoms with Gasteiger partial charge >= 0.3 is 0 Å². The molecule has 25 nitrogen and oxygen atoms in total. The van der Waals surface area contributed by atoms with Gasteiger partial charge in [0.1, 0.15) is 24.2 Å². The van der Waals surface area contributed by atoms with Crippen LogP contribution < -0.4 is 83.9 Å². The second-order valence-corrected chi connectivity index (χ2v) is 12.9. The first-order valence-corrected chi connectivity index (χ1v) is 18.6. The Morgan fingerprint density at radius 3 is 1.23 bits per heavy atom. The van der Waals surface area contributed by atoms with Crippen molar-refractivity contribution in [3.05, 3.63) is 0 Å². The maximum absolute atomic E-state index is 13.8. The normalized spacial score (nSPS) is 12.6. The second-order valence-electron chi connectivity index (χ2n) is 12.9. The molecule has 324 valence electrons. The van der Waals surface area contributed by atoms with Crippen molar-refractivity contribution >= 4 is 59.3 Å². The molecule has 0 aliphatic rings. The molecule has 0 fully saturated rings. The molecule has 0 aromatic rings. The Bertz CT molecular complexity index is 1390. The number of hydrogen-bond donors (Lipinski definition) is 15. The Morgan fingerprint density at radius 2 is 0.807 bits per heavy atom. The van der Waals surface area contributed by atoms with Gasteiger partial charge < -0.3 is 83.9 Å². The lowest BCUT2D eigenvalue weighted by Crippen LogP contribution is -2.57. The molecule has 0 aromatic carbocycles. The first-order valence-electron chi connectivity index (χ1n) is 18.6. The highest BCUT2D eigenvalue weighted by molar-refractivity contribution is 5.95. The number of nitrogens with zero attached hydrogens (tertiary/aromatic N) is 4. The summed E-state index contributed by atoms with van der Waals surface area (Å²) in [4.78, 5) is 93.8. The lowest BCUT2D eigenvalue weighted by Gasteiger charge is -2.25. The van der Waals surface area contributed by atoms with Gasteiger partial charge in [-0.15, -0.1) is 0 Å². The minimum atomic E-state index is -1.25. The van der Waals surface area contributed by atoms with Crippen LogP contribution in [0.4, 0.5) is 0 Å². The molecule has 4 atom stereocenters. The fraction of sp³-hybridized carbons (Fsp3) is 0.688. The fourth-order valence-corrected chi connectivity index (χ4v) is 5.05. The van der Waals surface area contributed by atoms with Gasteiger partial charge in [0.15, 0.2) is 23.8 Å². The number of nitrogens with two attached hydrogens (primary N) is 10. The number of nitrogens with one attached hydrogen (secondary N) is 5. The van der Waals surface area contributed by atoms with Crippen molar-refractivity contribution in [1.82, 2.24) is 26.6 Å². The van der Waals surface area contributed by atoms with Crippen molar-refractivity contribution in [2.24, 2.45) is 77.3 Å². The Hall–Kier alpha value is -6.14. The summed E-state index contributed by atoms with van der Waals surface area (Å²) < 4.78 is 0. The highest BCUT2D eigenvalue weighted by Crippen LogP contribution is 2.07. The summed E-state index contributed by atoms with van der Waals surface area (Å²) in [7, 11) is 0. The van der Waals surface area contributed by atoms with Crippen LogP contribution in [0.3, 0.4) is 0 Å². The van der Waals surface area contributed by atoms with Crippen LogP contribution in [-0.4, -0.2) is 123 Å². The standard InChI is InChI=1S/C32H65N19O6/c33-13-3-1-8-19(25(34)54)48-24(53)18-47-26(55)20(9-5-15-44-30(37)38)50-28(57)22(11-7-17-46-32(41)42)51-27(56)21(10-6-16-45-31(39)40)49-23(52)12-2-4-14-43-29(35)36/h19-22H,1-18,33H2,(H2,34,54)(H,47,55)(H,48,53)(H,49,52)(H,50,57)(H,51,56)(H4,35,36,43)(H4,37,38,44)(H4,39,40,45)(H4,41,42,46). The van der Waals surface area contributed by atoms with E-state index in [1.807, 2.05) is 0 Å². The van der Waals surface area contributed by atoms with Crippen LogP contribution in [0.5, 0.6) is 0 Å². The molecule has 25 N–H and O–H groups in total. The Morgan fingerprint density at radius 1 is 0.421 bits per heavy atom. The number of hydrogen-bond acceptors (Lipinski definition) is 11. The lowest BCUT2D eigenvalue weighted by atomic mass is 10.1. The number of carbonyl (C=O) groups excluding carboxylic acids is 6. The van der Waals surface area contributed by atoms with Crippen molar-refractivity contribution in [3.63, 3.8) is 0 Å². The number of rotatable bonds is 31. The predicted octanol–water partition coefficient (Wildman–Crippen LogP) is -6.74. The second kappa shape index (κ2) is 30.1. The lowest BCUT2D eigenvalue weighted by molar-refractivity contribution is -0.134. The molecular weight excluding hydrogens is 746 g/mol. The zero-order valence-corrected chi connectivity index (χ0v) is 32.5. The molecule has 0 bridgehead atoms. The molecular formula is C32H65N19O6. The Kier molecular flexibility index (Phi) is 26.9. The third kappa shape index (κ3) is 27.1. The number of primary amides is 1. The van der Waals surface area contributed by atoms with E-state index in [0.29, 0.717) is 45.2 Å². The fourth-order valence-electron chi connectivity index (χ4n) is 5.05. The molecule has 25 heteroatoms. The zero-order valence-electron chi connectivity index (χ0n) is 32.5. The average molecular weight is 812 g/mol. The van der Waals surface area contributed by atoms with E-state index in [4.69, 9.17) is 57.3 Å². The van der Waals surface area contributed by atoms with E-state index in [1.165, 1.54) is 0 Å². The van der Waals surface area contributed by atoms with Crippen molar-refractivity contribution in [2.45, 2.75) is 101 Å². The minimum absolute atomic E-state index is 0.0111. The van der Waals surface area contributed by atoms with E-state index in [2.05, 4.69) is 46.6 Å². The number of amides is 6. The van der Waals surface area contributed by atoms with Crippen molar-refractivity contribution < 1.29 is 28.8 Å². The van der Waals surface area contributed by atoms with Gasteiger partial charge in [-0.25, -0.2) is 0 Å². The minimum Gasteiger partial charge on any atom is -0.370 e. The third-order valence-corrected chi connectivity index (χ3v) is 7.91. The molecule has 4 unspecified atom stereocenters. The summed E-state index contributed by atoms with van der Waals surface area (Å²) in [5, 5.41) is 12.9. The quantitative estimate of drug-likeness (QED) is 0.0176. The van der Waals surface area contributed by atoms with E-state index in [1.54, 1.807) is 0 Å². The molecule has 0 radical (unpaired) electrons. The molecule has 0 heterocycles. The van der Waals surface area contributed by atoms with Gasteiger partial charge in [-0.3, -0.25) is 48.7 Å². The summed E-state index contributed by atoms with van der Waals surface area (Å²) in [6.45, 7) is 0.550. The van der Waals surface area contributed by atoms with Gasteiger partial charge in [0.05, 0.1) is 6.54 Å². The highest BCUT2D eigenvalue weighted by Gasteiger charge is 2.30. The average Bonchev–Trinajstić information content (AvgIpc) is 3.13. The van der Waals surface area contributed by atoms with Crippen LogP contribution in [0.1, 0.15) is 77.0 Å². The van der Waals surface area contributed by atoms with E-state index in [0.717, 1.165) is 0 Å². The van der Waals surface area contributed by atoms with Gasteiger partial charge in [0.2, 0.25) is 35.4 Å². The third-order valence-electron chi connectivity index (χ3n) is 7.91. The smallest absolute Gasteiger partial charge is 0.243 e. The van der Waals surface area contributed by atoms with Crippen LogP contribution in [0.25, 0.3) is 0 Å². The molecule has 0 aliphatic carbocycles. The number of unbranched alkanes of at least 4 members (excludes halogenated alkanes) is 2. The molecule has 57 heavy (non-hydrogen) atoms. The van der Waals surface area contributed by atoms with Crippen LogP contribution in [0, 0.1) is 0 Å². The molecule has 0 aliphatic heterocycles. The van der Waals surface area contributed by atoms with Crippen LogP contribution in [-0.2, 0) is 28.8 Å². The summed E-state index contributed by atoms with van der Waals surface area (Å²) in [6, 6.07) is -4.56. The topological polar surface area (TPSA) is 472 Å². The van der Waals surface area contributed by atoms with E-state index < -0.39 is 66.2 Å². The molecule has 0 spiro atoms. The number of carbonyl (C=O) groups is 6. The van der Waals surface area contributed by atoms with Crippen LogP contribution >= 0.6 is 0 Å². The van der Waals surface area contributed by atoms with Crippen molar-refractivity contribution in [1.29, 1.82) is 0 Å². The SMILES string of the molecule is NCCCCC(NC(=O)CNC(=O)C(CCCN=C(N)N)NC(=O)C(CCCN=C(N)N)NC(=O)C(CCCN=C(N)N)NC(=O)CCCCN=C(N)N)C(N)=O. The molecule has 6 amide bonds. The van der Waals surface area contributed by atoms with E-state index in [9.17, 15) is 28.8 Å². The maximum Gasteiger partial charge on any atom is 0.243 e. The molecule has 0 saturated heterocycles.